The van der Waals surface area contributed by atoms with Gasteiger partial charge in [0.2, 0.25) is 0 Å². The van der Waals surface area contributed by atoms with Crippen molar-refractivity contribution in [3.05, 3.63) is 29.6 Å². The van der Waals surface area contributed by atoms with Gasteiger partial charge >= 0.3 is 11.9 Å². The van der Waals surface area contributed by atoms with Crippen molar-refractivity contribution in [1.82, 2.24) is 9.97 Å². The van der Waals surface area contributed by atoms with Gasteiger partial charge in [0.05, 0.1) is 30.4 Å². The molecular weight excluding hydrogens is 552 g/mol. The first-order valence-corrected chi connectivity index (χ1v) is 16.3. The molecule has 0 spiro atoms. The lowest BCUT2D eigenvalue weighted by molar-refractivity contribution is -0.205. The number of aryl methyl sites for hydroxylation is 1. The summed E-state index contributed by atoms with van der Waals surface area (Å²) in [5.74, 6) is -0.616. The molecule has 0 saturated heterocycles. The molecule has 0 amide bonds. The van der Waals surface area contributed by atoms with E-state index in [0.29, 0.717) is 41.4 Å². The number of ether oxygens (including phenoxy) is 2. The smallest absolute Gasteiger partial charge is 0.341 e. The summed E-state index contributed by atoms with van der Waals surface area (Å²) in [7, 11) is 1.34. The Bertz CT molecular complexity index is 1250. The fourth-order valence-electron chi connectivity index (χ4n) is 8.39. The molecule has 0 aromatic carbocycles. The van der Waals surface area contributed by atoms with Crippen LogP contribution in [-0.4, -0.2) is 57.9 Å². The van der Waals surface area contributed by atoms with Gasteiger partial charge in [-0.15, -0.1) is 6.58 Å². The number of rotatable bonds is 8. The highest BCUT2D eigenvalue weighted by Gasteiger charge is 2.68. The highest BCUT2D eigenvalue weighted by atomic mass is 32.2. The number of nitrogens with zero attached hydrogens (tertiary/aromatic N) is 2. The van der Waals surface area contributed by atoms with Crippen LogP contribution in [0.1, 0.15) is 95.4 Å². The fourth-order valence-corrected chi connectivity index (χ4v) is 9.08. The number of hydrogen-bond acceptors (Lipinski definition) is 9. The first-order valence-electron chi connectivity index (χ1n) is 15.3. The Labute approximate surface area is 254 Å². The van der Waals surface area contributed by atoms with Crippen LogP contribution in [0, 0.1) is 46.8 Å². The predicted molar refractivity (Wildman–Crippen MR) is 162 cm³/mol. The second-order valence-corrected chi connectivity index (χ2v) is 14.8. The average Bonchev–Trinajstić information content (AvgIpc) is 3.29. The number of carbonyl (C=O) groups is 3. The Kier molecular flexibility index (Phi) is 9.35. The highest BCUT2D eigenvalue weighted by molar-refractivity contribution is 7.99. The maximum atomic E-state index is 13.6. The first kappa shape index (κ1) is 32.6. The maximum Gasteiger partial charge on any atom is 0.341 e. The summed E-state index contributed by atoms with van der Waals surface area (Å²) in [5, 5.41) is 12.1. The average molecular weight is 601 g/mol. The summed E-state index contributed by atoms with van der Waals surface area (Å²) in [6.45, 7) is 18.3. The van der Waals surface area contributed by atoms with Crippen LogP contribution in [0.3, 0.4) is 0 Å². The Balaban J connectivity index is 1.64. The van der Waals surface area contributed by atoms with Gasteiger partial charge in [-0.2, -0.15) is 0 Å². The van der Waals surface area contributed by atoms with Crippen LogP contribution in [0.15, 0.2) is 17.8 Å². The van der Waals surface area contributed by atoms with Gasteiger partial charge in [-0.1, -0.05) is 59.4 Å². The minimum Gasteiger partial charge on any atom is -0.465 e. The lowest BCUT2D eigenvalue weighted by Crippen LogP contribution is -2.63. The third-order valence-corrected chi connectivity index (χ3v) is 11.9. The van der Waals surface area contributed by atoms with Gasteiger partial charge in [0.15, 0.2) is 5.16 Å². The second kappa shape index (κ2) is 12.0. The number of thioether (sulfide) groups is 1. The van der Waals surface area contributed by atoms with E-state index in [4.69, 9.17) is 9.47 Å². The molecule has 1 N–H and O–H groups in total. The Morgan fingerprint density at radius 3 is 2.52 bits per heavy atom. The van der Waals surface area contributed by atoms with Gasteiger partial charge < -0.3 is 14.6 Å². The van der Waals surface area contributed by atoms with E-state index in [-0.39, 0.29) is 40.6 Å². The molecule has 3 saturated carbocycles. The van der Waals surface area contributed by atoms with E-state index >= 15 is 0 Å². The number of esters is 2. The van der Waals surface area contributed by atoms with E-state index in [0.717, 1.165) is 19.3 Å². The standard InChI is InChI=1S/C33H48N2O6S/c1-10-31(7)16-24(32(8)19(4)11-13-33(20(5)28(31)38)14-12-23(36)27(32)33)41-25(37)17-42-30-34-21(6)26(29(39)40-9)22(35-30)15-18(2)3/h10,18-20,24,27-28,38H,1,11-17H2,2-9H3/t19-,20+,24-,27+,28+,31-,32+,33+/m1/s1. The number of ketones is 1. The van der Waals surface area contributed by atoms with Crippen LogP contribution in [0.4, 0.5) is 0 Å². The summed E-state index contributed by atoms with van der Waals surface area (Å²) in [5.41, 5.74) is -0.0909. The molecule has 1 aromatic heterocycles. The normalized spacial score (nSPS) is 36.1. The molecule has 42 heavy (non-hydrogen) atoms. The molecule has 2 bridgehead atoms. The molecule has 0 unspecified atom stereocenters. The van der Waals surface area contributed by atoms with Gasteiger partial charge in [0.1, 0.15) is 17.5 Å². The molecule has 0 aliphatic heterocycles. The van der Waals surface area contributed by atoms with E-state index in [1.54, 1.807) is 13.0 Å². The summed E-state index contributed by atoms with van der Waals surface area (Å²) < 4.78 is 11.3. The molecule has 9 heteroatoms. The zero-order valence-corrected chi connectivity index (χ0v) is 27.3. The number of aliphatic hydroxyl groups excluding tert-OH is 1. The number of aliphatic hydroxyl groups is 1. The lowest BCUT2D eigenvalue weighted by Gasteiger charge is -2.61. The molecule has 3 aliphatic rings. The summed E-state index contributed by atoms with van der Waals surface area (Å²) in [6, 6.07) is 0. The van der Waals surface area contributed by atoms with E-state index in [9.17, 15) is 19.5 Å². The molecule has 3 fully saturated rings. The van der Waals surface area contributed by atoms with E-state index in [2.05, 4.69) is 37.3 Å². The van der Waals surface area contributed by atoms with Gasteiger partial charge in [0.25, 0.3) is 0 Å². The van der Waals surface area contributed by atoms with Gasteiger partial charge in [-0.3, -0.25) is 9.59 Å². The van der Waals surface area contributed by atoms with E-state index < -0.39 is 35.0 Å². The maximum absolute atomic E-state index is 13.6. The molecule has 8 nitrogen and oxygen atoms in total. The minimum absolute atomic E-state index is 0.0212. The number of hydrogen-bond donors (Lipinski definition) is 1. The van der Waals surface area contributed by atoms with Crippen molar-refractivity contribution in [2.24, 2.45) is 39.9 Å². The summed E-state index contributed by atoms with van der Waals surface area (Å²) >= 11 is 1.17. The Hall–Kier alpha value is -2.26. The second-order valence-electron chi connectivity index (χ2n) is 13.9. The van der Waals surface area contributed by atoms with Gasteiger partial charge in [-0.25, -0.2) is 14.8 Å². The molecule has 232 valence electrons. The number of aromatic nitrogens is 2. The topological polar surface area (TPSA) is 116 Å². The van der Waals surface area contributed by atoms with Crippen LogP contribution >= 0.6 is 11.8 Å². The highest BCUT2D eigenvalue weighted by Crippen LogP contribution is 2.68. The van der Waals surface area contributed by atoms with E-state index in [1.165, 1.54) is 18.9 Å². The van der Waals surface area contributed by atoms with Crippen molar-refractivity contribution in [3.63, 3.8) is 0 Å². The Morgan fingerprint density at radius 1 is 1.21 bits per heavy atom. The van der Waals surface area contributed by atoms with Crippen molar-refractivity contribution in [3.8, 4) is 0 Å². The number of carbonyl (C=O) groups excluding carboxylic acids is 3. The molecule has 3 aliphatic carbocycles. The van der Waals surface area contributed by atoms with Crippen LogP contribution in [0.5, 0.6) is 0 Å². The number of Topliss-reactive ketones (excluding diaryl/α,β-unsaturated/α-hetero) is 1. The van der Waals surface area contributed by atoms with Crippen molar-refractivity contribution >= 4 is 29.5 Å². The quantitative estimate of drug-likeness (QED) is 0.172. The largest absolute Gasteiger partial charge is 0.465 e. The van der Waals surface area contributed by atoms with Crippen molar-refractivity contribution in [2.45, 2.75) is 104 Å². The van der Waals surface area contributed by atoms with Crippen molar-refractivity contribution < 1.29 is 29.0 Å². The fraction of sp³-hybridized carbons (Fsp3) is 0.727. The number of methoxy groups -OCH3 is 1. The minimum atomic E-state index is -0.707. The zero-order chi connectivity index (χ0) is 31.2. The van der Waals surface area contributed by atoms with Crippen molar-refractivity contribution in [2.75, 3.05) is 12.9 Å². The zero-order valence-electron chi connectivity index (χ0n) is 26.5. The van der Waals surface area contributed by atoms with Crippen LogP contribution in [-0.2, 0) is 25.5 Å². The summed E-state index contributed by atoms with van der Waals surface area (Å²) in [4.78, 5) is 48.7. The molecule has 4 rings (SSSR count). The third-order valence-electron chi connectivity index (χ3n) is 11.0. The molecule has 1 aromatic rings. The summed E-state index contributed by atoms with van der Waals surface area (Å²) in [6.07, 6.45) is 4.56. The predicted octanol–water partition coefficient (Wildman–Crippen LogP) is 5.77. The van der Waals surface area contributed by atoms with E-state index in [1.807, 2.05) is 20.8 Å². The third kappa shape index (κ3) is 5.44. The van der Waals surface area contributed by atoms with Crippen LogP contribution in [0.2, 0.25) is 0 Å². The SMILES string of the molecule is C=C[C@]1(C)C[C@@H](OC(=O)CSc2nc(C)c(C(=O)OC)c(CC(C)C)n2)[C@]2(C)[C@H](C)CC[C@]3(CCC(=O)[C@H]32)[C@@H](C)[C@@H]1O. The first-order chi connectivity index (χ1) is 19.6. The molecular formula is C33H48N2O6S. The monoisotopic (exact) mass is 600 g/mol. The lowest BCUT2D eigenvalue weighted by atomic mass is 9.44. The molecule has 8 atom stereocenters. The van der Waals surface area contributed by atoms with Crippen molar-refractivity contribution in [1.29, 1.82) is 0 Å². The molecule has 0 radical (unpaired) electrons. The van der Waals surface area contributed by atoms with Gasteiger partial charge in [0, 0.05) is 23.2 Å². The van der Waals surface area contributed by atoms with Crippen LogP contribution < -0.4 is 0 Å². The van der Waals surface area contributed by atoms with Gasteiger partial charge in [-0.05, 0) is 62.2 Å². The molecule has 1 heterocycles. The van der Waals surface area contributed by atoms with Crippen LogP contribution in [0.25, 0.3) is 0 Å². The Morgan fingerprint density at radius 2 is 1.90 bits per heavy atom.